The van der Waals surface area contributed by atoms with Crippen molar-refractivity contribution in [3.63, 3.8) is 0 Å². The molecule has 1 aliphatic heterocycles. The summed E-state index contributed by atoms with van der Waals surface area (Å²) in [6.07, 6.45) is 5.93. The minimum Gasteiger partial charge on any atom is -0.386 e. The Morgan fingerprint density at radius 3 is 2.55 bits per heavy atom. The third kappa shape index (κ3) is 2.48. The Morgan fingerprint density at radius 2 is 1.95 bits per heavy atom. The van der Waals surface area contributed by atoms with E-state index in [0.29, 0.717) is 0 Å². The lowest BCUT2D eigenvalue weighted by atomic mass is 9.84. The van der Waals surface area contributed by atoms with Crippen molar-refractivity contribution >= 4 is 0 Å². The lowest BCUT2D eigenvalue weighted by molar-refractivity contribution is -0.0775. The monoisotopic (exact) mass is 276 g/mol. The van der Waals surface area contributed by atoms with E-state index in [0.717, 1.165) is 50.4 Å². The highest BCUT2D eigenvalue weighted by Crippen LogP contribution is 2.44. The van der Waals surface area contributed by atoms with Gasteiger partial charge in [0.25, 0.3) is 0 Å². The number of aliphatic hydroxyl groups is 1. The van der Waals surface area contributed by atoms with E-state index in [1.807, 2.05) is 25.3 Å². The Morgan fingerprint density at radius 1 is 1.25 bits per heavy atom. The van der Waals surface area contributed by atoms with Gasteiger partial charge in [-0.05, 0) is 25.8 Å². The van der Waals surface area contributed by atoms with Gasteiger partial charge < -0.3 is 9.84 Å². The van der Waals surface area contributed by atoms with Gasteiger partial charge in [-0.2, -0.15) is 0 Å². The summed E-state index contributed by atoms with van der Waals surface area (Å²) in [7, 11) is 0. The maximum absolute atomic E-state index is 11.0. The zero-order valence-electron chi connectivity index (χ0n) is 12.2. The largest absolute Gasteiger partial charge is 0.386 e. The molecule has 0 aromatic carbocycles. The molecule has 0 radical (unpaired) electrons. The van der Waals surface area contributed by atoms with Gasteiger partial charge in [-0.1, -0.05) is 18.9 Å². The Kier molecular flexibility index (Phi) is 4.06. The summed E-state index contributed by atoms with van der Waals surface area (Å²) in [5.41, 5.74) is 1.83. The lowest BCUT2D eigenvalue weighted by Crippen LogP contribution is -2.55. The highest BCUT2D eigenvalue weighted by atomic mass is 16.5. The quantitative estimate of drug-likeness (QED) is 0.918. The van der Waals surface area contributed by atoms with Gasteiger partial charge in [0.15, 0.2) is 0 Å². The second kappa shape index (κ2) is 5.80. The molecular weight excluding hydrogens is 252 g/mol. The maximum atomic E-state index is 11.0. The van der Waals surface area contributed by atoms with Gasteiger partial charge in [0.05, 0.1) is 24.9 Å². The molecule has 20 heavy (non-hydrogen) atoms. The Balaban J connectivity index is 1.87. The summed E-state index contributed by atoms with van der Waals surface area (Å²) >= 11 is 0. The van der Waals surface area contributed by atoms with Gasteiger partial charge in [-0.3, -0.25) is 9.88 Å². The van der Waals surface area contributed by atoms with Gasteiger partial charge in [0, 0.05) is 30.5 Å². The summed E-state index contributed by atoms with van der Waals surface area (Å²) < 4.78 is 5.47. The SMILES string of the molecule is Cc1ccc(C(O)C2(N3CCOCC3)CCCC2)cn1. The van der Waals surface area contributed by atoms with Gasteiger partial charge in [-0.15, -0.1) is 0 Å². The number of hydrogen-bond acceptors (Lipinski definition) is 4. The molecule has 1 atom stereocenters. The minimum atomic E-state index is -0.448. The molecule has 110 valence electrons. The van der Waals surface area contributed by atoms with E-state index >= 15 is 0 Å². The van der Waals surface area contributed by atoms with Crippen molar-refractivity contribution in [2.75, 3.05) is 26.3 Å². The number of pyridine rings is 1. The molecule has 4 nitrogen and oxygen atoms in total. The number of rotatable bonds is 3. The molecule has 3 rings (SSSR count). The topological polar surface area (TPSA) is 45.6 Å². The number of morpholine rings is 1. The van der Waals surface area contributed by atoms with Crippen molar-refractivity contribution in [3.8, 4) is 0 Å². The third-order valence-electron chi connectivity index (χ3n) is 4.87. The van der Waals surface area contributed by atoms with E-state index in [2.05, 4.69) is 9.88 Å². The summed E-state index contributed by atoms with van der Waals surface area (Å²) in [5, 5.41) is 11.0. The fraction of sp³-hybridized carbons (Fsp3) is 0.688. The molecule has 1 aromatic rings. The van der Waals surface area contributed by atoms with Crippen LogP contribution in [-0.2, 0) is 4.74 Å². The second-order valence-corrected chi connectivity index (χ2v) is 6.05. The molecule has 4 heteroatoms. The van der Waals surface area contributed by atoms with Crippen molar-refractivity contribution in [3.05, 3.63) is 29.6 Å². The average molecular weight is 276 g/mol. The highest BCUT2D eigenvalue weighted by molar-refractivity contribution is 5.21. The van der Waals surface area contributed by atoms with Crippen LogP contribution in [0.5, 0.6) is 0 Å². The van der Waals surface area contributed by atoms with Crippen LogP contribution in [0.3, 0.4) is 0 Å². The van der Waals surface area contributed by atoms with E-state index in [4.69, 9.17) is 4.74 Å². The normalized spacial score (nSPS) is 24.7. The summed E-state index contributed by atoms with van der Waals surface area (Å²) in [5.74, 6) is 0. The van der Waals surface area contributed by atoms with Crippen molar-refractivity contribution in [1.29, 1.82) is 0 Å². The Hall–Kier alpha value is -0.970. The predicted octanol–water partition coefficient (Wildman–Crippen LogP) is 2.07. The molecular formula is C16H24N2O2. The van der Waals surface area contributed by atoms with Gasteiger partial charge in [-0.25, -0.2) is 0 Å². The van der Waals surface area contributed by atoms with Crippen LogP contribution in [0.15, 0.2) is 18.3 Å². The van der Waals surface area contributed by atoms with Crippen LogP contribution in [0.1, 0.15) is 43.0 Å². The van der Waals surface area contributed by atoms with E-state index in [1.165, 1.54) is 12.8 Å². The molecule has 2 aliphatic rings. The zero-order chi connectivity index (χ0) is 14.0. The number of ether oxygens (including phenoxy) is 1. The first-order chi connectivity index (χ1) is 9.72. The molecule has 0 bridgehead atoms. The third-order valence-corrected chi connectivity index (χ3v) is 4.87. The fourth-order valence-corrected chi connectivity index (χ4v) is 3.71. The van der Waals surface area contributed by atoms with Crippen molar-refractivity contribution < 1.29 is 9.84 Å². The summed E-state index contributed by atoms with van der Waals surface area (Å²) in [4.78, 5) is 6.80. The molecule has 1 N–H and O–H groups in total. The average Bonchev–Trinajstić information content (AvgIpc) is 2.99. The van der Waals surface area contributed by atoms with Crippen LogP contribution < -0.4 is 0 Å². The van der Waals surface area contributed by atoms with Gasteiger partial charge in [0.1, 0.15) is 0 Å². The summed E-state index contributed by atoms with van der Waals surface area (Å²) in [6.45, 7) is 5.39. The number of aliphatic hydroxyl groups excluding tert-OH is 1. The molecule has 1 saturated carbocycles. The molecule has 1 aromatic heterocycles. The van der Waals surface area contributed by atoms with Crippen LogP contribution in [0.2, 0.25) is 0 Å². The van der Waals surface area contributed by atoms with Crippen LogP contribution in [0, 0.1) is 6.92 Å². The summed E-state index contributed by atoms with van der Waals surface area (Å²) in [6, 6.07) is 4.01. The second-order valence-electron chi connectivity index (χ2n) is 6.05. The number of aryl methyl sites for hydroxylation is 1. The molecule has 0 spiro atoms. The maximum Gasteiger partial charge on any atom is 0.0988 e. The van der Waals surface area contributed by atoms with Crippen LogP contribution in [0.25, 0.3) is 0 Å². The van der Waals surface area contributed by atoms with Gasteiger partial charge >= 0.3 is 0 Å². The highest BCUT2D eigenvalue weighted by Gasteiger charge is 2.46. The standard InChI is InChI=1S/C16H24N2O2/c1-13-4-5-14(12-17-13)15(19)16(6-2-3-7-16)18-8-10-20-11-9-18/h4-5,12,15,19H,2-3,6-11H2,1H3. The smallest absolute Gasteiger partial charge is 0.0988 e. The van der Waals surface area contributed by atoms with Gasteiger partial charge in [0.2, 0.25) is 0 Å². The van der Waals surface area contributed by atoms with E-state index in [-0.39, 0.29) is 5.54 Å². The molecule has 0 amide bonds. The van der Waals surface area contributed by atoms with Crippen LogP contribution >= 0.6 is 0 Å². The molecule has 1 aliphatic carbocycles. The lowest BCUT2D eigenvalue weighted by Gasteiger charge is -2.46. The fourth-order valence-electron chi connectivity index (χ4n) is 3.71. The Bertz CT molecular complexity index is 434. The van der Waals surface area contributed by atoms with Crippen molar-refractivity contribution in [1.82, 2.24) is 9.88 Å². The van der Waals surface area contributed by atoms with E-state index in [1.54, 1.807) is 0 Å². The molecule has 2 fully saturated rings. The van der Waals surface area contributed by atoms with Crippen molar-refractivity contribution in [2.24, 2.45) is 0 Å². The van der Waals surface area contributed by atoms with E-state index < -0.39 is 6.10 Å². The Labute approximate surface area is 120 Å². The van der Waals surface area contributed by atoms with Crippen LogP contribution in [0.4, 0.5) is 0 Å². The minimum absolute atomic E-state index is 0.110. The first kappa shape index (κ1) is 14.0. The zero-order valence-corrected chi connectivity index (χ0v) is 12.2. The molecule has 2 heterocycles. The first-order valence-corrected chi connectivity index (χ1v) is 7.66. The van der Waals surface area contributed by atoms with Crippen molar-refractivity contribution in [2.45, 2.75) is 44.2 Å². The number of hydrogen-bond donors (Lipinski definition) is 1. The molecule has 1 saturated heterocycles. The predicted molar refractivity (Wildman–Crippen MR) is 77.5 cm³/mol. The number of aromatic nitrogens is 1. The molecule has 1 unspecified atom stereocenters. The number of nitrogens with zero attached hydrogens (tertiary/aromatic N) is 2. The van der Waals surface area contributed by atoms with E-state index in [9.17, 15) is 5.11 Å². The van der Waals surface area contributed by atoms with Crippen LogP contribution in [-0.4, -0.2) is 46.8 Å². The first-order valence-electron chi connectivity index (χ1n) is 7.66.